The maximum absolute atomic E-state index is 13.6. The fraction of sp³-hybridized carbons (Fsp3) is 0.667. The highest BCUT2D eigenvalue weighted by molar-refractivity contribution is 5.93. The molecule has 0 aliphatic rings. The summed E-state index contributed by atoms with van der Waals surface area (Å²) in [6.07, 6.45) is 0.410. The van der Waals surface area contributed by atoms with Crippen LogP contribution in [0, 0.1) is 0 Å². The quantitative estimate of drug-likeness (QED) is 0.0153. The van der Waals surface area contributed by atoms with Crippen molar-refractivity contribution in [1.82, 2.24) is 63.8 Å². The van der Waals surface area contributed by atoms with E-state index in [1.165, 1.54) is 0 Å². The van der Waals surface area contributed by atoms with E-state index in [0.717, 1.165) is 0 Å². The number of rotatable bonds is 59. The minimum Gasteiger partial charge on any atom is -0.370 e. The van der Waals surface area contributed by atoms with Crippen LogP contribution in [0.2, 0.25) is 0 Å². The van der Waals surface area contributed by atoms with Gasteiger partial charge < -0.3 is 156 Å². The van der Waals surface area contributed by atoms with E-state index in [9.17, 15) is 62.3 Å². The molecule has 0 aliphatic heterocycles. The molecule has 0 spiro atoms. The summed E-state index contributed by atoms with van der Waals surface area (Å²) in [6, 6.07) is -7.84. The maximum Gasteiger partial charge on any atom is 0.242 e. The summed E-state index contributed by atoms with van der Waals surface area (Å²) in [5.74, 6) is -10.1. The number of hydrogen-bond acceptors (Lipinski definition) is 21. The molecule has 0 aromatic heterocycles. The Morgan fingerprint density at radius 1 is 0.222 bits per heavy atom. The summed E-state index contributed by atoms with van der Waals surface area (Å²) >= 11 is 0. The number of amides is 13. The highest BCUT2D eigenvalue weighted by atomic mass is 16.2. The molecule has 48 nitrogen and oxygen atoms in total. The van der Waals surface area contributed by atoms with Crippen LogP contribution in [-0.4, -0.2) is 246 Å². The molecular weight excluding hydrogens is 1420 g/mol. The van der Waals surface area contributed by atoms with Crippen LogP contribution in [0.25, 0.3) is 0 Å². The van der Waals surface area contributed by atoms with Crippen LogP contribution in [0.3, 0.4) is 0 Å². The van der Waals surface area contributed by atoms with Gasteiger partial charge in [-0.3, -0.25) is 97.3 Å². The minimum absolute atomic E-state index is 0.0000519. The number of aliphatic imine (C=N–C) groups is 7. The molecule has 0 saturated carbocycles. The average Bonchev–Trinajstić information content (AvgIpc) is 0.915. The maximum atomic E-state index is 13.6. The van der Waals surface area contributed by atoms with Gasteiger partial charge in [-0.15, -0.1) is 0 Å². The van der Waals surface area contributed by atoms with Crippen LogP contribution in [-0.2, 0) is 62.3 Å². The molecule has 48 heteroatoms. The molecular formula is C60H117N35O13. The van der Waals surface area contributed by atoms with Gasteiger partial charge in [-0.1, -0.05) is 0 Å². The number of guanidine groups is 7. The SMILES string of the molecule is NC(=O)[C@@H](CCCN=C(N)N)NC(=O)CCNC(=O)[C@@H](CCCN=C(N)N)NC(=O)CCNC(=O)[C@@H](CCCN=C(N)N)NC(=O)CCNC(=O)[C@@H](CCCN=C(N)N)NC(=O)CCNC(=O)[C@@H](CCCN=C(N)N)NC(=O)CCNC(=O)[C@@H](CCCN=C(N)N)NC(=O)CCNC(=O)[C@H](N)CCCN=C(N)N. The van der Waals surface area contributed by atoms with E-state index in [0.29, 0.717) is 12.8 Å². The molecule has 0 fully saturated rings. The van der Waals surface area contributed by atoms with Crippen molar-refractivity contribution >= 4 is 119 Å². The molecule has 0 aromatic carbocycles. The first-order chi connectivity index (χ1) is 51.1. The number of nitrogens with two attached hydrogens (primary N) is 16. The lowest BCUT2D eigenvalue weighted by Gasteiger charge is -2.21. The van der Waals surface area contributed by atoms with E-state index in [1.807, 2.05) is 0 Å². The molecule has 13 amide bonds. The summed E-state index contributed by atoms with van der Waals surface area (Å²) in [5.41, 5.74) is 87.2. The zero-order valence-electron chi connectivity index (χ0n) is 61.1. The summed E-state index contributed by atoms with van der Waals surface area (Å²) in [5, 5.41) is 31.0. The Bertz CT molecular complexity index is 3080. The van der Waals surface area contributed by atoms with Crippen LogP contribution < -0.4 is 156 Å². The van der Waals surface area contributed by atoms with Gasteiger partial charge in [-0.25, -0.2) is 0 Å². The molecule has 7 atom stereocenters. The number of nitrogens with zero attached hydrogens (tertiary/aromatic N) is 7. The standard InChI is InChI=1S/C60H117N35O13/c61-34(8-1-21-83-54(63)64)48(103)77-28-15-42(97)91-36(10-3-23-85-56(67)68)50(105)79-30-17-44(99)93-38(12-5-25-87-58(71)72)52(107)81-32-19-46(101)95-40(14-7-27-89-60(75)76)53(108)82-33-20-45(100)94-39(13-6-26-88-59(73)74)51(106)80-31-18-43(98)92-37(11-4-24-86-57(69)70)49(104)78-29-16-41(96)90-35(47(62)102)9-2-22-84-55(65)66/h34-40H,1-33,61H2,(H2,62,102)(H,77,103)(H,78,104)(H,79,105)(H,80,106)(H,81,107)(H,82,108)(H,90,96)(H,91,97)(H,92,98)(H,93,99)(H,94,100)(H,95,101)(H4,63,64,83)(H4,65,66,84)(H4,67,68,85)(H4,69,70,86)(H4,71,72,87)(H4,73,74,88)(H4,75,76,89)/t34-,35-,36-,37-,38-,39-,40-/m1/s1. The highest BCUT2D eigenvalue weighted by Gasteiger charge is 2.28. The van der Waals surface area contributed by atoms with Crippen molar-refractivity contribution < 1.29 is 62.3 Å². The van der Waals surface area contributed by atoms with E-state index in [1.54, 1.807) is 0 Å². The third kappa shape index (κ3) is 52.0. The third-order valence-corrected chi connectivity index (χ3v) is 14.8. The van der Waals surface area contributed by atoms with Crippen LogP contribution in [0.5, 0.6) is 0 Å². The summed E-state index contributed by atoms with van der Waals surface area (Å²) in [6.45, 7) is -0.545. The first-order valence-corrected chi connectivity index (χ1v) is 34.9. The van der Waals surface area contributed by atoms with Gasteiger partial charge >= 0.3 is 0 Å². The van der Waals surface area contributed by atoms with Gasteiger partial charge in [0.25, 0.3) is 0 Å². The number of carbonyl (C=O) groups excluding carboxylic acids is 13. The Labute approximate surface area is 625 Å². The summed E-state index contributed by atoms with van der Waals surface area (Å²) in [7, 11) is 0. The largest absolute Gasteiger partial charge is 0.370 e. The van der Waals surface area contributed by atoms with E-state index < -0.39 is 119 Å². The van der Waals surface area contributed by atoms with Crippen molar-refractivity contribution in [1.29, 1.82) is 0 Å². The molecule has 44 N–H and O–H groups in total. The Kier molecular flexibility index (Phi) is 50.9. The summed E-state index contributed by atoms with van der Waals surface area (Å²) < 4.78 is 0. The second-order valence-electron chi connectivity index (χ2n) is 24.1. The van der Waals surface area contributed by atoms with Gasteiger partial charge in [0.15, 0.2) is 41.7 Å². The Balaban J connectivity index is 5.93. The van der Waals surface area contributed by atoms with Crippen molar-refractivity contribution in [3.63, 3.8) is 0 Å². The van der Waals surface area contributed by atoms with Gasteiger partial charge in [-0.05, 0) is 89.9 Å². The fourth-order valence-corrected chi connectivity index (χ4v) is 9.44. The van der Waals surface area contributed by atoms with Crippen LogP contribution >= 0.6 is 0 Å². The number of hydrogen-bond donors (Lipinski definition) is 28. The van der Waals surface area contributed by atoms with E-state index in [4.69, 9.17) is 91.7 Å². The van der Waals surface area contributed by atoms with Gasteiger partial charge in [-0.2, -0.15) is 0 Å². The third-order valence-electron chi connectivity index (χ3n) is 14.8. The molecule has 0 bridgehead atoms. The first-order valence-electron chi connectivity index (χ1n) is 34.9. The van der Waals surface area contributed by atoms with Gasteiger partial charge in [0.1, 0.15) is 36.3 Å². The van der Waals surface area contributed by atoms with Gasteiger partial charge in [0.05, 0.1) is 6.04 Å². The smallest absolute Gasteiger partial charge is 0.242 e. The van der Waals surface area contributed by atoms with Crippen LogP contribution in [0.15, 0.2) is 34.9 Å². The van der Waals surface area contributed by atoms with Crippen molar-refractivity contribution in [3.8, 4) is 0 Å². The Morgan fingerprint density at radius 2 is 0.380 bits per heavy atom. The normalized spacial score (nSPS) is 12.5. The molecule has 0 heterocycles. The van der Waals surface area contributed by atoms with Crippen LogP contribution in [0.1, 0.15) is 128 Å². The Morgan fingerprint density at radius 3 is 0.556 bits per heavy atom. The topological polar surface area (TPSA) is 869 Å². The fourth-order valence-electron chi connectivity index (χ4n) is 9.44. The van der Waals surface area contributed by atoms with Crippen LogP contribution in [0.4, 0.5) is 0 Å². The minimum atomic E-state index is -1.22. The second-order valence-corrected chi connectivity index (χ2v) is 24.1. The van der Waals surface area contributed by atoms with Crippen molar-refractivity contribution in [2.75, 3.05) is 85.1 Å². The van der Waals surface area contributed by atoms with Crippen molar-refractivity contribution in [2.45, 2.75) is 171 Å². The molecule has 0 unspecified atom stereocenters. The molecule has 108 heavy (non-hydrogen) atoms. The lowest BCUT2D eigenvalue weighted by molar-refractivity contribution is -0.131. The van der Waals surface area contributed by atoms with Crippen molar-refractivity contribution in [3.05, 3.63) is 0 Å². The zero-order valence-corrected chi connectivity index (χ0v) is 61.1. The Hall–Kier alpha value is -12.0. The zero-order chi connectivity index (χ0) is 81.4. The second kappa shape index (κ2) is 57.3. The van der Waals surface area contributed by atoms with Gasteiger partial charge in [0, 0.05) is 124 Å². The number of primary amides is 1. The highest BCUT2D eigenvalue weighted by Crippen LogP contribution is 2.07. The van der Waals surface area contributed by atoms with E-state index >= 15 is 0 Å². The first kappa shape index (κ1) is 96.0. The predicted molar refractivity (Wildman–Crippen MR) is 404 cm³/mol. The monoisotopic (exact) mass is 1540 g/mol. The van der Waals surface area contributed by atoms with Crippen molar-refractivity contribution in [2.24, 2.45) is 127 Å². The molecule has 0 aromatic rings. The van der Waals surface area contributed by atoms with E-state index in [-0.39, 0.29) is 242 Å². The molecule has 0 radical (unpaired) electrons. The average molecular weight is 1540 g/mol. The summed E-state index contributed by atoms with van der Waals surface area (Å²) in [4.78, 5) is 198. The van der Waals surface area contributed by atoms with E-state index in [2.05, 4.69) is 98.7 Å². The molecule has 0 aliphatic carbocycles. The molecule has 610 valence electrons. The number of carbonyl (C=O) groups is 13. The number of nitrogens with one attached hydrogen (secondary N) is 12. The predicted octanol–water partition coefficient (Wildman–Crippen LogP) is -13.9. The molecule has 0 rings (SSSR count). The lowest BCUT2D eigenvalue weighted by atomic mass is 10.1. The molecule has 0 saturated heterocycles. The van der Waals surface area contributed by atoms with Gasteiger partial charge in [0.2, 0.25) is 76.8 Å². The lowest BCUT2D eigenvalue weighted by Crippen LogP contribution is -2.50.